The second kappa shape index (κ2) is 13.6. The molecule has 1 aromatic carbocycles. The molecule has 0 aromatic heterocycles. The first-order valence-corrected chi connectivity index (χ1v) is 12.0. The number of benzene rings is 1. The van der Waals surface area contributed by atoms with Crippen LogP contribution in [0.5, 0.6) is 0 Å². The zero-order valence-electron chi connectivity index (χ0n) is 19.4. The van der Waals surface area contributed by atoms with Crippen molar-refractivity contribution in [3.63, 3.8) is 0 Å². The maximum Gasteiger partial charge on any atom is 0.306 e. The fraction of sp³-hybridized carbons (Fsp3) is 0.440. The van der Waals surface area contributed by atoms with Crippen molar-refractivity contribution in [2.75, 3.05) is 0 Å². The lowest BCUT2D eigenvalue weighted by Crippen LogP contribution is -2.52. The molecule has 0 aliphatic carbocycles. The fourth-order valence-corrected chi connectivity index (χ4v) is 4.50. The van der Waals surface area contributed by atoms with E-state index in [4.69, 9.17) is 4.74 Å². The van der Waals surface area contributed by atoms with Crippen molar-refractivity contribution in [3.05, 3.63) is 57.9 Å². The van der Waals surface area contributed by atoms with Gasteiger partial charge in [0.05, 0.1) is 4.91 Å². The number of hydrogen-bond acceptors (Lipinski definition) is 6. The van der Waals surface area contributed by atoms with Gasteiger partial charge in [0, 0.05) is 12.8 Å². The van der Waals surface area contributed by atoms with E-state index in [1.165, 1.54) is 11.8 Å². The third-order valence-corrected chi connectivity index (χ3v) is 6.25. The Morgan fingerprint density at radius 1 is 1.24 bits per heavy atom. The maximum absolute atomic E-state index is 12.7. The molecule has 2 rings (SSSR count). The van der Waals surface area contributed by atoms with E-state index in [9.17, 15) is 19.2 Å². The number of carbonyl (C=O) groups excluding carboxylic acids is 4. The molecule has 0 bridgehead atoms. The fourth-order valence-electron chi connectivity index (χ4n) is 3.33. The van der Waals surface area contributed by atoms with Crippen LogP contribution in [0.15, 0.2) is 52.3 Å². The summed E-state index contributed by atoms with van der Waals surface area (Å²) in [6.07, 6.45) is 5.93. The molecule has 1 aliphatic heterocycles. The van der Waals surface area contributed by atoms with Crippen molar-refractivity contribution in [2.24, 2.45) is 5.92 Å². The molecule has 0 spiro atoms. The van der Waals surface area contributed by atoms with Gasteiger partial charge in [-0.15, -0.1) is 0 Å². The number of allylic oxidation sites excluding steroid dienone is 3. The third kappa shape index (κ3) is 9.26. The van der Waals surface area contributed by atoms with Gasteiger partial charge in [-0.2, -0.15) is 0 Å². The van der Waals surface area contributed by atoms with Gasteiger partial charge < -0.3 is 10.1 Å². The van der Waals surface area contributed by atoms with Crippen molar-refractivity contribution in [2.45, 2.75) is 65.5 Å². The van der Waals surface area contributed by atoms with Gasteiger partial charge in [-0.25, -0.2) is 0 Å². The van der Waals surface area contributed by atoms with E-state index in [2.05, 4.69) is 10.6 Å². The Kier molecular flexibility index (Phi) is 10.9. The summed E-state index contributed by atoms with van der Waals surface area (Å²) >= 11 is 1.34. The van der Waals surface area contributed by atoms with E-state index in [-0.39, 0.29) is 49.6 Å². The number of nitrogens with one attached hydrogen (secondary N) is 2. The largest absolute Gasteiger partial charge is 0.461 e. The minimum absolute atomic E-state index is 0.0369. The van der Waals surface area contributed by atoms with Crippen molar-refractivity contribution in [3.8, 4) is 0 Å². The average Bonchev–Trinajstić information content (AvgIpc) is 2.78. The molecule has 33 heavy (non-hydrogen) atoms. The first kappa shape index (κ1) is 26.4. The average molecular weight is 473 g/mol. The molecule has 1 heterocycles. The number of ether oxygens (including phenoxy) is 1. The topological polar surface area (TPSA) is 102 Å². The standard InChI is InChI=1S/C25H32N2O5S/c1-4-9-19(14-17(3)15-23(29)32-16-18-10-7-6-8-11-18)33-21(5-2)25(31)26-20-12-13-22(28)27-24(20)30/h5-11,17,20H,4,12-16H2,1-3H3,(H,26,31)(H,27,28,30)/b19-9+,21-5-. The number of carbonyl (C=O) groups is 4. The summed E-state index contributed by atoms with van der Waals surface area (Å²) in [6, 6.07) is 8.82. The van der Waals surface area contributed by atoms with E-state index >= 15 is 0 Å². The quantitative estimate of drug-likeness (QED) is 0.287. The molecule has 1 fully saturated rings. The first-order valence-electron chi connectivity index (χ1n) is 11.2. The number of hydrogen-bond donors (Lipinski definition) is 2. The Balaban J connectivity index is 1.87. The van der Waals surface area contributed by atoms with Crippen molar-refractivity contribution >= 4 is 35.5 Å². The van der Waals surface area contributed by atoms with Gasteiger partial charge >= 0.3 is 5.97 Å². The minimum Gasteiger partial charge on any atom is -0.461 e. The number of piperidine rings is 1. The van der Waals surface area contributed by atoms with Gasteiger partial charge in [-0.1, -0.05) is 68.1 Å². The lowest BCUT2D eigenvalue weighted by Gasteiger charge is -2.22. The van der Waals surface area contributed by atoms with Crippen LogP contribution >= 0.6 is 11.8 Å². The van der Waals surface area contributed by atoms with E-state index < -0.39 is 11.9 Å². The summed E-state index contributed by atoms with van der Waals surface area (Å²) in [4.78, 5) is 49.7. The molecule has 2 N–H and O–H groups in total. The molecule has 2 atom stereocenters. The number of amides is 3. The Labute approximate surface area is 199 Å². The van der Waals surface area contributed by atoms with Gasteiger partial charge in [0.15, 0.2) is 0 Å². The van der Waals surface area contributed by atoms with E-state index in [1.54, 1.807) is 13.0 Å². The predicted molar refractivity (Wildman–Crippen MR) is 129 cm³/mol. The summed E-state index contributed by atoms with van der Waals surface area (Å²) in [7, 11) is 0. The van der Waals surface area contributed by atoms with Gasteiger partial charge in [-0.05, 0) is 42.6 Å². The normalized spacial score (nSPS) is 17.8. The van der Waals surface area contributed by atoms with E-state index in [0.717, 1.165) is 16.9 Å². The molecule has 1 aliphatic rings. The molecule has 3 amide bonds. The second-order valence-electron chi connectivity index (χ2n) is 7.97. The summed E-state index contributed by atoms with van der Waals surface area (Å²) in [5.41, 5.74) is 0.945. The third-order valence-electron chi connectivity index (χ3n) is 5.01. The van der Waals surface area contributed by atoms with E-state index in [1.807, 2.05) is 50.3 Å². The van der Waals surface area contributed by atoms with Crippen LogP contribution in [-0.2, 0) is 30.5 Å². The maximum atomic E-state index is 12.7. The van der Waals surface area contributed by atoms with Crippen LogP contribution < -0.4 is 10.6 Å². The highest BCUT2D eigenvalue weighted by molar-refractivity contribution is 8.07. The van der Waals surface area contributed by atoms with Crippen molar-refractivity contribution in [1.29, 1.82) is 0 Å². The second-order valence-corrected chi connectivity index (χ2v) is 9.14. The highest BCUT2D eigenvalue weighted by Crippen LogP contribution is 2.32. The monoisotopic (exact) mass is 472 g/mol. The van der Waals surface area contributed by atoms with Crippen molar-refractivity contribution in [1.82, 2.24) is 10.6 Å². The number of esters is 1. The van der Waals surface area contributed by atoms with Crippen LogP contribution in [0, 0.1) is 5.92 Å². The number of rotatable bonds is 11. The van der Waals surface area contributed by atoms with Crippen LogP contribution in [-0.4, -0.2) is 29.7 Å². The van der Waals surface area contributed by atoms with Crippen LogP contribution in [0.3, 0.4) is 0 Å². The highest BCUT2D eigenvalue weighted by atomic mass is 32.2. The molecule has 7 nitrogen and oxygen atoms in total. The molecule has 8 heteroatoms. The van der Waals surface area contributed by atoms with Crippen LogP contribution in [0.25, 0.3) is 0 Å². The number of imide groups is 1. The van der Waals surface area contributed by atoms with E-state index in [0.29, 0.717) is 11.3 Å². The predicted octanol–water partition coefficient (Wildman–Crippen LogP) is 4.00. The molecule has 0 radical (unpaired) electrons. The van der Waals surface area contributed by atoms with Gasteiger partial charge in [-0.3, -0.25) is 24.5 Å². The molecule has 178 valence electrons. The van der Waals surface area contributed by atoms with Gasteiger partial charge in [0.2, 0.25) is 11.8 Å². The number of thioether (sulfide) groups is 1. The lowest BCUT2D eigenvalue weighted by molar-refractivity contribution is -0.146. The highest BCUT2D eigenvalue weighted by Gasteiger charge is 2.28. The first-order chi connectivity index (χ1) is 15.8. The van der Waals surface area contributed by atoms with Crippen molar-refractivity contribution < 1.29 is 23.9 Å². The SMILES string of the molecule is C/C=C(\S/C(=C/CC)CC(C)CC(=O)OCc1ccccc1)C(=O)NC1CCC(=O)NC1=O. The molecule has 1 aromatic rings. The van der Waals surface area contributed by atoms with Gasteiger partial charge in [0.1, 0.15) is 12.6 Å². The zero-order valence-corrected chi connectivity index (χ0v) is 20.2. The Morgan fingerprint density at radius 2 is 1.97 bits per heavy atom. The zero-order chi connectivity index (χ0) is 24.2. The summed E-state index contributed by atoms with van der Waals surface area (Å²) in [6.45, 7) is 6.01. The molecule has 1 saturated heterocycles. The molecule has 0 saturated carbocycles. The smallest absolute Gasteiger partial charge is 0.306 e. The van der Waals surface area contributed by atoms with Gasteiger partial charge in [0.25, 0.3) is 5.91 Å². The molecular formula is C25H32N2O5S. The van der Waals surface area contributed by atoms with Crippen LogP contribution in [0.2, 0.25) is 0 Å². The summed E-state index contributed by atoms with van der Waals surface area (Å²) in [5, 5.41) is 4.96. The summed E-state index contributed by atoms with van der Waals surface area (Å²) in [5.74, 6) is -1.37. The molecular weight excluding hydrogens is 440 g/mol. The Bertz CT molecular complexity index is 911. The Hall–Kier alpha value is -2.87. The Morgan fingerprint density at radius 3 is 2.61 bits per heavy atom. The lowest BCUT2D eigenvalue weighted by atomic mass is 10.0. The molecule has 2 unspecified atom stereocenters. The minimum atomic E-state index is -0.720. The summed E-state index contributed by atoms with van der Waals surface area (Å²) < 4.78 is 5.38. The van der Waals surface area contributed by atoms with Crippen LogP contribution in [0.4, 0.5) is 0 Å². The van der Waals surface area contributed by atoms with Crippen LogP contribution in [0.1, 0.15) is 58.4 Å².